The van der Waals surface area contributed by atoms with Crippen LogP contribution in [0.1, 0.15) is 16.1 Å². The maximum Gasteiger partial charge on any atom is 0.291 e. The summed E-state index contributed by atoms with van der Waals surface area (Å²) >= 11 is 0. The minimum Gasteiger partial charge on any atom is -0.438 e. The second kappa shape index (κ2) is 6.61. The molecule has 130 valence electrons. The van der Waals surface area contributed by atoms with Crippen molar-refractivity contribution in [3.63, 3.8) is 0 Å². The molecule has 1 atom stereocenters. The lowest BCUT2D eigenvalue weighted by Gasteiger charge is -2.20. The van der Waals surface area contributed by atoms with Crippen LogP contribution in [0.3, 0.4) is 0 Å². The normalized spacial score (nSPS) is 19.2. The van der Waals surface area contributed by atoms with E-state index in [2.05, 4.69) is 20.0 Å². The fraction of sp³-hybridized carbons (Fsp3) is 0.375. The molecule has 4 heterocycles. The average Bonchev–Trinajstić information content (AvgIpc) is 3.24. The molecule has 9 heteroatoms. The van der Waals surface area contributed by atoms with E-state index < -0.39 is 6.10 Å². The van der Waals surface area contributed by atoms with Gasteiger partial charge in [0.05, 0.1) is 18.5 Å². The van der Waals surface area contributed by atoms with Crippen LogP contribution in [0.2, 0.25) is 0 Å². The van der Waals surface area contributed by atoms with Crippen molar-refractivity contribution in [3.8, 4) is 0 Å². The molecule has 0 saturated carbocycles. The van der Waals surface area contributed by atoms with Gasteiger partial charge >= 0.3 is 0 Å². The molecule has 25 heavy (non-hydrogen) atoms. The standard InChI is InChI=1S/C16H18N6O3/c23-13-9-20(8-12-6-19-22-3-1-2-18-15(12)22)4-5-21(10-13)16(24)14-7-17-11-25-14/h1-3,6-7,11,13,23H,4-5,8-10H2/t13-/m1/s1. The molecule has 4 rings (SSSR count). The lowest BCUT2D eigenvalue weighted by Crippen LogP contribution is -2.37. The Hall–Kier alpha value is -2.78. The van der Waals surface area contributed by atoms with Crippen molar-refractivity contribution in [2.24, 2.45) is 0 Å². The Balaban J connectivity index is 1.47. The van der Waals surface area contributed by atoms with E-state index in [-0.39, 0.29) is 18.2 Å². The zero-order chi connectivity index (χ0) is 17.2. The van der Waals surface area contributed by atoms with E-state index in [1.54, 1.807) is 21.8 Å². The van der Waals surface area contributed by atoms with E-state index in [0.717, 1.165) is 11.2 Å². The summed E-state index contributed by atoms with van der Waals surface area (Å²) in [6.45, 7) is 2.50. The van der Waals surface area contributed by atoms with E-state index in [1.165, 1.54) is 12.6 Å². The third kappa shape index (κ3) is 3.24. The molecule has 0 aliphatic carbocycles. The van der Waals surface area contributed by atoms with Gasteiger partial charge in [-0.2, -0.15) is 5.10 Å². The van der Waals surface area contributed by atoms with Crippen LogP contribution in [-0.2, 0) is 6.54 Å². The third-order valence-corrected chi connectivity index (χ3v) is 4.26. The number of nitrogens with zero attached hydrogens (tertiary/aromatic N) is 6. The van der Waals surface area contributed by atoms with Gasteiger partial charge in [0.25, 0.3) is 5.91 Å². The fourth-order valence-electron chi connectivity index (χ4n) is 3.09. The first-order valence-electron chi connectivity index (χ1n) is 8.06. The van der Waals surface area contributed by atoms with E-state index in [0.29, 0.717) is 26.2 Å². The molecule has 0 radical (unpaired) electrons. The molecule has 9 nitrogen and oxygen atoms in total. The minimum absolute atomic E-state index is 0.187. The highest BCUT2D eigenvalue weighted by Crippen LogP contribution is 2.14. The van der Waals surface area contributed by atoms with Crippen molar-refractivity contribution >= 4 is 11.6 Å². The van der Waals surface area contributed by atoms with Gasteiger partial charge in [-0.3, -0.25) is 9.69 Å². The maximum atomic E-state index is 12.4. The van der Waals surface area contributed by atoms with Crippen LogP contribution >= 0.6 is 0 Å². The van der Waals surface area contributed by atoms with Crippen molar-refractivity contribution in [3.05, 3.63) is 48.6 Å². The molecule has 3 aromatic rings. The lowest BCUT2D eigenvalue weighted by molar-refractivity contribution is 0.0634. The molecule has 1 N–H and O–H groups in total. The first kappa shape index (κ1) is 15.7. The molecule has 3 aromatic heterocycles. The number of fused-ring (bicyclic) bond motifs is 1. The quantitative estimate of drug-likeness (QED) is 0.717. The molecule has 1 fully saturated rings. The number of oxazole rings is 1. The van der Waals surface area contributed by atoms with Crippen LogP contribution < -0.4 is 0 Å². The van der Waals surface area contributed by atoms with Crippen molar-refractivity contribution in [2.75, 3.05) is 26.2 Å². The Kier molecular flexibility index (Phi) is 4.16. The summed E-state index contributed by atoms with van der Waals surface area (Å²) in [5.74, 6) is -0.0662. The van der Waals surface area contributed by atoms with Gasteiger partial charge in [0.2, 0.25) is 5.76 Å². The largest absolute Gasteiger partial charge is 0.438 e. The van der Waals surface area contributed by atoms with Crippen LogP contribution in [0.5, 0.6) is 0 Å². The number of aliphatic hydroxyl groups is 1. The molecule has 0 unspecified atom stereocenters. The van der Waals surface area contributed by atoms with Crippen LogP contribution in [0.25, 0.3) is 5.65 Å². The topological polar surface area (TPSA) is 100 Å². The second-order valence-electron chi connectivity index (χ2n) is 6.06. The van der Waals surface area contributed by atoms with Crippen LogP contribution in [-0.4, -0.2) is 72.7 Å². The monoisotopic (exact) mass is 342 g/mol. The van der Waals surface area contributed by atoms with E-state index in [9.17, 15) is 9.90 Å². The number of aromatic nitrogens is 4. The molecule has 1 saturated heterocycles. The molecule has 0 bridgehead atoms. The first-order chi connectivity index (χ1) is 12.2. The molecule has 0 aromatic carbocycles. The number of hydrogen-bond donors (Lipinski definition) is 1. The molecular weight excluding hydrogens is 324 g/mol. The number of carbonyl (C=O) groups is 1. The van der Waals surface area contributed by atoms with Crippen molar-refractivity contribution < 1.29 is 14.3 Å². The van der Waals surface area contributed by atoms with Crippen molar-refractivity contribution in [1.29, 1.82) is 0 Å². The summed E-state index contributed by atoms with van der Waals surface area (Å²) in [6, 6.07) is 1.83. The third-order valence-electron chi connectivity index (χ3n) is 4.26. The van der Waals surface area contributed by atoms with Gasteiger partial charge in [-0.25, -0.2) is 14.5 Å². The zero-order valence-corrected chi connectivity index (χ0v) is 13.5. The summed E-state index contributed by atoms with van der Waals surface area (Å²) in [6.07, 6.45) is 7.35. The Morgan fingerprint density at radius 1 is 1.32 bits per heavy atom. The van der Waals surface area contributed by atoms with E-state index in [1.807, 2.05) is 12.3 Å². The van der Waals surface area contributed by atoms with Crippen molar-refractivity contribution in [2.45, 2.75) is 12.6 Å². The molecule has 1 amide bonds. The summed E-state index contributed by atoms with van der Waals surface area (Å²) in [7, 11) is 0. The number of β-amino-alcohol motifs (C(OH)–C–C–N with tert-alkyl or cyclic N) is 1. The molecule has 0 spiro atoms. The highest BCUT2D eigenvalue weighted by atomic mass is 16.3. The average molecular weight is 342 g/mol. The Bertz CT molecular complexity index is 862. The molecule has 1 aliphatic heterocycles. The van der Waals surface area contributed by atoms with Gasteiger partial charge in [0.15, 0.2) is 12.0 Å². The maximum absolute atomic E-state index is 12.4. The SMILES string of the molecule is O=C(c1cnco1)N1CCN(Cc2cnn3cccnc23)C[C@@H](O)C1. The Morgan fingerprint density at radius 3 is 3.08 bits per heavy atom. The predicted octanol–water partition coefficient (Wildman–Crippen LogP) is 0.0362. The van der Waals surface area contributed by atoms with Gasteiger partial charge in [0, 0.05) is 50.7 Å². The summed E-state index contributed by atoms with van der Waals surface area (Å²) in [5.41, 5.74) is 1.79. The number of hydrogen-bond acceptors (Lipinski definition) is 7. The first-order valence-corrected chi connectivity index (χ1v) is 8.06. The Labute approximate surface area is 143 Å². The number of aliphatic hydroxyl groups excluding tert-OH is 1. The molecule has 1 aliphatic rings. The van der Waals surface area contributed by atoms with Gasteiger partial charge in [-0.15, -0.1) is 0 Å². The van der Waals surface area contributed by atoms with Gasteiger partial charge < -0.3 is 14.4 Å². The van der Waals surface area contributed by atoms with Crippen molar-refractivity contribution in [1.82, 2.24) is 29.4 Å². The second-order valence-corrected chi connectivity index (χ2v) is 6.06. The summed E-state index contributed by atoms with van der Waals surface area (Å²) < 4.78 is 6.79. The lowest BCUT2D eigenvalue weighted by atomic mass is 10.2. The summed E-state index contributed by atoms with van der Waals surface area (Å²) in [5, 5.41) is 14.6. The fourth-order valence-corrected chi connectivity index (χ4v) is 3.09. The highest BCUT2D eigenvalue weighted by molar-refractivity contribution is 5.91. The van der Waals surface area contributed by atoms with E-state index in [4.69, 9.17) is 4.42 Å². The zero-order valence-electron chi connectivity index (χ0n) is 13.5. The number of carbonyl (C=O) groups excluding carboxylic acids is 1. The van der Waals surface area contributed by atoms with E-state index >= 15 is 0 Å². The number of rotatable bonds is 3. The Morgan fingerprint density at radius 2 is 2.24 bits per heavy atom. The predicted molar refractivity (Wildman–Crippen MR) is 86.7 cm³/mol. The van der Waals surface area contributed by atoms with Crippen LogP contribution in [0.15, 0.2) is 41.7 Å². The molecular formula is C16H18N6O3. The minimum atomic E-state index is -0.635. The van der Waals surface area contributed by atoms with Gasteiger partial charge in [0.1, 0.15) is 0 Å². The van der Waals surface area contributed by atoms with Crippen LogP contribution in [0.4, 0.5) is 0 Å². The van der Waals surface area contributed by atoms with Crippen LogP contribution in [0, 0.1) is 0 Å². The summed E-state index contributed by atoms with van der Waals surface area (Å²) in [4.78, 5) is 24.2. The highest BCUT2D eigenvalue weighted by Gasteiger charge is 2.27. The smallest absolute Gasteiger partial charge is 0.291 e. The number of amides is 1. The van der Waals surface area contributed by atoms with Gasteiger partial charge in [-0.1, -0.05) is 0 Å². The van der Waals surface area contributed by atoms with Gasteiger partial charge in [-0.05, 0) is 6.07 Å².